The van der Waals surface area contributed by atoms with Crippen LogP contribution < -0.4 is 5.32 Å². The monoisotopic (exact) mass is 262 g/mol. The second kappa shape index (κ2) is 7.41. The Hall–Kier alpha value is -1.19. The average Bonchev–Trinajstić information content (AvgIpc) is 2.41. The highest BCUT2D eigenvalue weighted by Gasteiger charge is 2.13. The summed E-state index contributed by atoms with van der Waals surface area (Å²) >= 11 is 0. The van der Waals surface area contributed by atoms with Gasteiger partial charge in [0.15, 0.2) is 0 Å². The molecule has 0 bridgehead atoms. The topological polar surface area (TPSA) is 50.7 Å². The van der Waals surface area contributed by atoms with Gasteiger partial charge in [0.05, 0.1) is 11.4 Å². The summed E-state index contributed by atoms with van der Waals surface area (Å²) < 4.78 is 0. The Morgan fingerprint density at radius 1 is 0.895 bits per heavy atom. The summed E-state index contributed by atoms with van der Waals surface area (Å²) in [7, 11) is 0. The van der Waals surface area contributed by atoms with Crippen LogP contribution in [0.15, 0.2) is 0 Å². The van der Waals surface area contributed by atoms with Crippen molar-refractivity contribution in [1.82, 2.24) is 15.2 Å². The van der Waals surface area contributed by atoms with E-state index in [1.807, 2.05) is 0 Å². The molecule has 0 aromatic carbocycles. The molecule has 1 aliphatic carbocycles. The molecule has 1 aromatic heterocycles. The first-order valence-electron chi connectivity index (χ1n) is 7.82. The van der Waals surface area contributed by atoms with Crippen LogP contribution in [0.2, 0.25) is 0 Å². The zero-order valence-corrected chi connectivity index (χ0v) is 12.3. The van der Waals surface area contributed by atoms with Crippen LogP contribution in [0.5, 0.6) is 0 Å². The van der Waals surface area contributed by atoms with E-state index >= 15 is 0 Å². The highest BCUT2D eigenvalue weighted by atomic mass is 15.2. The zero-order valence-electron chi connectivity index (χ0n) is 12.3. The van der Waals surface area contributed by atoms with Gasteiger partial charge in [-0.2, -0.15) is 5.10 Å². The van der Waals surface area contributed by atoms with Crippen molar-refractivity contribution >= 4 is 5.95 Å². The Bertz CT molecular complexity index is 384. The lowest BCUT2D eigenvalue weighted by atomic mass is 9.97. The second-order valence-corrected chi connectivity index (χ2v) is 5.42. The first-order valence-corrected chi connectivity index (χ1v) is 7.82. The van der Waals surface area contributed by atoms with E-state index in [0.29, 0.717) is 6.04 Å². The third-order valence-corrected chi connectivity index (χ3v) is 3.95. The van der Waals surface area contributed by atoms with Crippen LogP contribution >= 0.6 is 0 Å². The molecule has 1 heterocycles. The summed E-state index contributed by atoms with van der Waals surface area (Å²) in [6.07, 6.45) is 11.1. The number of aryl methyl sites for hydroxylation is 2. The van der Waals surface area contributed by atoms with Gasteiger partial charge in [0.2, 0.25) is 5.95 Å². The van der Waals surface area contributed by atoms with E-state index in [-0.39, 0.29) is 0 Å². The van der Waals surface area contributed by atoms with Crippen molar-refractivity contribution in [2.75, 3.05) is 5.32 Å². The van der Waals surface area contributed by atoms with Crippen LogP contribution in [0.3, 0.4) is 0 Å². The minimum Gasteiger partial charge on any atom is -0.350 e. The molecule has 1 N–H and O–H groups in total. The molecule has 19 heavy (non-hydrogen) atoms. The van der Waals surface area contributed by atoms with Gasteiger partial charge >= 0.3 is 0 Å². The van der Waals surface area contributed by atoms with Gasteiger partial charge in [0.25, 0.3) is 0 Å². The maximum Gasteiger partial charge on any atom is 0.243 e. The summed E-state index contributed by atoms with van der Waals surface area (Å²) in [6.45, 7) is 4.23. The maximum absolute atomic E-state index is 4.63. The van der Waals surface area contributed by atoms with Gasteiger partial charge in [-0.15, -0.1) is 5.10 Å². The number of nitrogens with one attached hydrogen (secondary N) is 1. The SMILES string of the molecule is CCc1nnc(NC2CCCCCCC2)nc1CC. The van der Waals surface area contributed by atoms with Crippen molar-refractivity contribution in [3.8, 4) is 0 Å². The van der Waals surface area contributed by atoms with Crippen molar-refractivity contribution in [2.24, 2.45) is 0 Å². The molecule has 1 aromatic rings. The van der Waals surface area contributed by atoms with E-state index in [0.717, 1.165) is 30.2 Å². The van der Waals surface area contributed by atoms with Crippen LogP contribution in [0.4, 0.5) is 5.95 Å². The van der Waals surface area contributed by atoms with E-state index in [2.05, 4.69) is 34.3 Å². The number of nitrogens with zero attached hydrogens (tertiary/aromatic N) is 3. The minimum absolute atomic E-state index is 0.527. The third kappa shape index (κ3) is 4.15. The normalized spacial score (nSPS) is 17.8. The van der Waals surface area contributed by atoms with Crippen molar-refractivity contribution in [2.45, 2.75) is 77.7 Å². The van der Waals surface area contributed by atoms with E-state index in [9.17, 15) is 0 Å². The van der Waals surface area contributed by atoms with Crippen molar-refractivity contribution in [3.05, 3.63) is 11.4 Å². The highest BCUT2D eigenvalue weighted by molar-refractivity contribution is 5.27. The fourth-order valence-electron chi connectivity index (χ4n) is 2.78. The smallest absolute Gasteiger partial charge is 0.243 e. The Morgan fingerprint density at radius 2 is 1.53 bits per heavy atom. The molecule has 0 spiro atoms. The van der Waals surface area contributed by atoms with E-state index in [1.54, 1.807) is 0 Å². The first-order chi connectivity index (χ1) is 9.33. The fourth-order valence-corrected chi connectivity index (χ4v) is 2.78. The third-order valence-electron chi connectivity index (χ3n) is 3.95. The Balaban J connectivity index is 2.00. The summed E-state index contributed by atoms with van der Waals surface area (Å²) in [5.41, 5.74) is 2.12. The zero-order chi connectivity index (χ0) is 13.5. The van der Waals surface area contributed by atoms with Gasteiger partial charge in [-0.1, -0.05) is 46.0 Å². The predicted molar refractivity (Wildman–Crippen MR) is 78.3 cm³/mol. The molecule has 0 radical (unpaired) electrons. The molecule has 0 atom stereocenters. The van der Waals surface area contributed by atoms with Gasteiger partial charge < -0.3 is 5.32 Å². The molecule has 1 aliphatic rings. The Morgan fingerprint density at radius 3 is 2.16 bits per heavy atom. The van der Waals surface area contributed by atoms with Crippen LogP contribution in [0.1, 0.15) is 70.2 Å². The van der Waals surface area contributed by atoms with Crippen molar-refractivity contribution < 1.29 is 0 Å². The van der Waals surface area contributed by atoms with Crippen LogP contribution in [-0.2, 0) is 12.8 Å². The maximum atomic E-state index is 4.63. The minimum atomic E-state index is 0.527. The standard InChI is InChI=1S/C15H26N4/c1-3-13-14(4-2)18-19-15(17-13)16-12-10-8-6-5-7-9-11-12/h12H,3-11H2,1-2H3,(H,16,17,19). The molecular weight excluding hydrogens is 236 g/mol. The fraction of sp³-hybridized carbons (Fsp3) is 0.800. The number of aromatic nitrogens is 3. The lowest BCUT2D eigenvalue weighted by Crippen LogP contribution is -2.23. The lowest BCUT2D eigenvalue weighted by Gasteiger charge is -2.21. The Labute approximate surface area is 116 Å². The molecule has 0 saturated heterocycles. The predicted octanol–water partition coefficient (Wildman–Crippen LogP) is 3.52. The molecule has 2 rings (SSSR count). The summed E-state index contributed by atoms with van der Waals surface area (Å²) in [4.78, 5) is 4.63. The highest BCUT2D eigenvalue weighted by Crippen LogP contribution is 2.19. The van der Waals surface area contributed by atoms with E-state index in [1.165, 1.54) is 44.9 Å². The second-order valence-electron chi connectivity index (χ2n) is 5.42. The number of rotatable bonds is 4. The number of hydrogen-bond acceptors (Lipinski definition) is 4. The molecular formula is C15H26N4. The molecule has 4 heteroatoms. The van der Waals surface area contributed by atoms with E-state index < -0.39 is 0 Å². The Kier molecular flexibility index (Phi) is 5.55. The molecule has 0 unspecified atom stereocenters. The summed E-state index contributed by atoms with van der Waals surface area (Å²) in [6, 6.07) is 0.527. The van der Waals surface area contributed by atoms with Gasteiger partial charge in [0.1, 0.15) is 0 Å². The quantitative estimate of drug-likeness (QED) is 0.902. The summed E-state index contributed by atoms with van der Waals surface area (Å²) in [5.74, 6) is 0.722. The molecule has 1 fully saturated rings. The van der Waals surface area contributed by atoms with Crippen LogP contribution in [-0.4, -0.2) is 21.2 Å². The van der Waals surface area contributed by atoms with Gasteiger partial charge in [-0.3, -0.25) is 0 Å². The largest absolute Gasteiger partial charge is 0.350 e. The van der Waals surface area contributed by atoms with Gasteiger partial charge in [-0.05, 0) is 25.7 Å². The number of anilines is 1. The van der Waals surface area contributed by atoms with E-state index in [4.69, 9.17) is 0 Å². The average molecular weight is 262 g/mol. The van der Waals surface area contributed by atoms with Gasteiger partial charge in [0, 0.05) is 6.04 Å². The molecule has 106 valence electrons. The molecule has 4 nitrogen and oxygen atoms in total. The van der Waals surface area contributed by atoms with Gasteiger partial charge in [-0.25, -0.2) is 4.98 Å². The molecule has 1 saturated carbocycles. The first kappa shape index (κ1) is 14.2. The lowest BCUT2D eigenvalue weighted by molar-refractivity contribution is 0.469. The van der Waals surface area contributed by atoms with Crippen LogP contribution in [0.25, 0.3) is 0 Å². The summed E-state index contributed by atoms with van der Waals surface area (Å²) in [5, 5.41) is 12.0. The number of hydrogen-bond donors (Lipinski definition) is 1. The van der Waals surface area contributed by atoms with Crippen molar-refractivity contribution in [1.29, 1.82) is 0 Å². The molecule has 0 aliphatic heterocycles. The van der Waals surface area contributed by atoms with Crippen molar-refractivity contribution in [3.63, 3.8) is 0 Å². The molecule has 0 amide bonds. The van der Waals surface area contributed by atoms with Crippen LogP contribution in [0, 0.1) is 0 Å².